The highest BCUT2D eigenvalue weighted by Crippen LogP contribution is 2.28. The van der Waals surface area contributed by atoms with Crippen LogP contribution in [0.25, 0.3) is 0 Å². The van der Waals surface area contributed by atoms with E-state index in [1.807, 2.05) is 50.2 Å². The summed E-state index contributed by atoms with van der Waals surface area (Å²) in [6.07, 6.45) is 1.83. The maximum absolute atomic E-state index is 12.5. The van der Waals surface area contributed by atoms with Crippen LogP contribution in [0, 0.1) is 5.92 Å². The van der Waals surface area contributed by atoms with Crippen LogP contribution in [-0.2, 0) is 22.4 Å². The number of carbonyl (C=O) groups excluding carboxylic acids is 3. The number of carbonyl (C=O) groups is 3. The van der Waals surface area contributed by atoms with Crippen molar-refractivity contribution in [2.75, 3.05) is 11.4 Å². The molecular weight excluding hydrogens is 354 g/mol. The molecule has 0 aliphatic carbocycles. The molecule has 1 saturated heterocycles. The van der Waals surface area contributed by atoms with Crippen molar-refractivity contribution in [1.29, 1.82) is 0 Å². The van der Waals surface area contributed by atoms with Gasteiger partial charge < -0.3 is 4.90 Å². The van der Waals surface area contributed by atoms with Crippen molar-refractivity contribution >= 4 is 23.4 Å². The van der Waals surface area contributed by atoms with E-state index in [4.69, 9.17) is 0 Å². The van der Waals surface area contributed by atoms with Gasteiger partial charge in [-0.05, 0) is 42.2 Å². The molecule has 1 unspecified atom stereocenters. The van der Waals surface area contributed by atoms with Gasteiger partial charge in [-0.2, -0.15) is 0 Å². The molecule has 0 radical (unpaired) electrons. The Balaban J connectivity index is 1.59. The first kappa shape index (κ1) is 19.6. The van der Waals surface area contributed by atoms with Gasteiger partial charge in [-0.25, -0.2) is 0 Å². The highest BCUT2D eigenvalue weighted by Gasteiger charge is 2.35. The fourth-order valence-electron chi connectivity index (χ4n) is 3.37. The molecule has 0 bridgehead atoms. The van der Waals surface area contributed by atoms with E-state index in [1.165, 1.54) is 0 Å². The molecule has 2 aromatic rings. The van der Waals surface area contributed by atoms with E-state index in [2.05, 4.69) is 10.9 Å². The number of hydrogen-bond donors (Lipinski definition) is 2. The van der Waals surface area contributed by atoms with Crippen LogP contribution >= 0.6 is 0 Å². The summed E-state index contributed by atoms with van der Waals surface area (Å²) in [5.74, 6) is -1.32. The Bertz CT molecular complexity index is 877. The molecule has 28 heavy (non-hydrogen) atoms. The van der Waals surface area contributed by atoms with Crippen LogP contribution in [0.3, 0.4) is 0 Å². The molecule has 3 amide bonds. The Morgan fingerprint density at radius 3 is 2.39 bits per heavy atom. The summed E-state index contributed by atoms with van der Waals surface area (Å²) in [6, 6.07) is 14.9. The van der Waals surface area contributed by atoms with Gasteiger partial charge in [0.1, 0.15) is 0 Å². The van der Waals surface area contributed by atoms with Crippen LogP contribution in [0.2, 0.25) is 0 Å². The highest BCUT2D eigenvalue weighted by atomic mass is 16.2. The molecule has 6 heteroatoms. The molecule has 0 saturated carbocycles. The van der Waals surface area contributed by atoms with Crippen molar-refractivity contribution in [3.05, 3.63) is 65.2 Å². The number of nitrogens with zero attached hydrogens (tertiary/aromatic N) is 1. The van der Waals surface area contributed by atoms with Gasteiger partial charge in [0.25, 0.3) is 5.91 Å². The van der Waals surface area contributed by atoms with E-state index in [0.29, 0.717) is 12.1 Å². The molecule has 0 spiro atoms. The normalized spacial score (nSPS) is 16.1. The zero-order chi connectivity index (χ0) is 20.1. The number of amides is 3. The maximum atomic E-state index is 12.5. The summed E-state index contributed by atoms with van der Waals surface area (Å²) in [7, 11) is 0. The topological polar surface area (TPSA) is 78.5 Å². The first-order valence-electron chi connectivity index (χ1n) is 9.60. The Morgan fingerprint density at radius 2 is 1.71 bits per heavy atom. The summed E-state index contributed by atoms with van der Waals surface area (Å²) in [5, 5.41) is 0. The lowest BCUT2D eigenvalue weighted by atomic mass is 10.1. The Kier molecular flexibility index (Phi) is 6.09. The molecule has 1 heterocycles. The van der Waals surface area contributed by atoms with Crippen LogP contribution < -0.4 is 15.8 Å². The predicted molar refractivity (Wildman–Crippen MR) is 108 cm³/mol. The average molecular weight is 379 g/mol. The summed E-state index contributed by atoms with van der Waals surface area (Å²) in [6.45, 7) is 4.38. The fraction of sp³-hybridized carbons (Fsp3) is 0.318. The second kappa shape index (κ2) is 8.69. The molecule has 146 valence electrons. The summed E-state index contributed by atoms with van der Waals surface area (Å²) >= 11 is 0. The molecule has 6 nitrogen and oxygen atoms in total. The standard InChI is InChI=1S/C22H25N3O3/c1-3-15-9-11-17(12-10-15)21(27)23-24-22(28)18-13-20(26)25(14-18)19-8-6-5-7-16(19)4-2/h5-12,18H,3-4,13-14H2,1-2H3,(H,23,27)(H,24,28). The first-order valence-corrected chi connectivity index (χ1v) is 9.60. The molecule has 1 aliphatic rings. The zero-order valence-electron chi connectivity index (χ0n) is 16.2. The number of nitrogens with one attached hydrogen (secondary N) is 2. The van der Waals surface area contributed by atoms with Gasteiger partial charge in [0, 0.05) is 24.2 Å². The first-order chi connectivity index (χ1) is 13.5. The molecule has 2 N–H and O–H groups in total. The van der Waals surface area contributed by atoms with Gasteiger partial charge in [0.05, 0.1) is 5.92 Å². The van der Waals surface area contributed by atoms with E-state index in [-0.39, 0.29) is 24.1 Å². The number of benzene rings is 2. The van der Waals surface area contributed by atoms with E-state index in [1.54, 1.807) is 17.0 Å². The average Bonchev–Trinajstić information content (AvgIpc) is 3.13. The summed E-state index contributed by atoms with van der Waals surface area (Å²) in [5.41, 5.74) is 8.42. The monoisotopic (exact) mass is 379 g/mol. The van der Waals surface area contributed by atoms with Crippen LogP contribution in [0.4, 0.5) is 5.69 Å². The number of hydrogen-bond acceptors (Lipinski definition) is 3. The van der Waals surface area contributed by atoms with Crippen molar-refractivity contribution in [2.24, 2.45) is 5.92 Å². The molecule has 2 aromatic carbocycles. The molecule has 1 atom stereocenters. The number of rotatable bonds is 5. The number of anilines is 1. The third kappa shape index (κ3) is 4.22. The number of aryl methyl sites for hydroxylation is 2. The van der Waals surface area contributed by atoms with Gasteiger partial charge in [-0.1, -0.05) is 44.2 Å². The SMILES string of the molecule is CCc1ccc(C(=O)NNC(=O)C2CC(=O)N(c3ccccc3CC)C2)cc1. The molecular formula is C22H25N3O3. The van der Waals surface area contributed by atoms with Gasteiger partial charge in [-0.3, -0.25) is 25.2 Å². The number of hydrazine groups is 1. The van der Waals surface area contributed by atoms with Gasteiger partial charge >= 0.3 is 0 Å². The largest absolute Gasteiger partial charge is 0.311 e. The molecule has 3 rings (SSSR count). The van der Waals surface area contributed by atoms with Gasteiger partial charge in [0.15, 0.2) is 0 Å². The lowest BCUT2D eigenvalue weighted by Gasteiger charge is -2.20. The smallest absolute Gasteiger partial charge is 0.269 e. The van der Waals surface area contributed by atoms with Crippen molar-refractivity contribution in [3.8, 4) is 0 Å². The van der Waals surface area contributed by atoms with Gasteiger partial charge in [-0.15, -0.1) is 0 Å². The molecule has 1 aliphatic heterocycles. The van der Waals surface area contributed by atoms with Crippen LogP contribution in [0.1, 0.15) is 41.8 Å². The maximum Gasteiger partial charge on any atom is 0.269 e. The fourth-order valence-corrected chi connectivity index (χ4v) is 3.37. The Labute approximate surface area is 164 Å². The minimum atomic E-state index is -0.500. The lowest BCUT2D eigenvalue weighted by molar-refractivity contribution is -0.126. The van der Waals surface area contributed by atoms with Crippen molar-refractivity contribution < 1.29 is 14.4 Å². The summed E-state index contributed by atoms with van der Waals surface area (Å²) in [4.78, 5) is 38.7. The van der Waals surface area contributed by atoms with Crippen LogP contribution in [0.5, 0.6) is 0 Å². The van der Waals surface area contributed by atoms with Crippen LogP contribution in [0.15, 0.2) is 48.5 Å². The minimum absolute atomic E-state index is 0.0810. The third-order valence-corrected chi connectivity index (χ3v) is 5.08. The van der Waals surface area contributed by atoms with Crippen molar-refractivity contribution in [2.45, 2.75) is 33.1 Å². The predicted octanol–water partition coefficient (Wildman–Crippen LogP) is 2.63. The van der Waals surface area contributed by atoms with E-state index in [9.17, 15) is 14.4 Å². The van der Waals surface area contributed by atoms with Crippen molar-refractivity contribution in [3.63, 3.8) is 0 Å². The molecule has 0 aromatic heterocycles. The Morgan fingerprint density at radius 1 is 1.00 bits per heavy atom. The van der Waals surface area contributed by atoms with Crippen LogP contribution in [-0.4, -0.2) is 24.3 Å². The van der Waals surface area contributed by atoms with Gasteiger partial charge in [0.2, 0.25) is 11.8 Å². The second-order valence-corrected chi connectivity index (χ2v) is 6.88. The summed E-state index contributed by atoms with van der Waals surface area (Å²) < 4.78 is 0. The number of para-hydroxylation sites is 1. The highest BCUT2D eigenvalue weighted by molar-refractivity contribution is 6.01. The van der Waals surface area contributed by atoms with E-state index < -0.39 is 5.92 Å². The van der Waals surface area contributed by atoms with E-state index >= 15 is 0 Å². The van der Waals surface area contributed by atoms with E-state index in [0.717, 1.165) is 29.7 Å². The minimum Gasteiger partial charge on any atom is -0.311 e. The quantitative estimate of drug-likeness (QED) is 0.784. The third-order valence-electron chi connectivity index (χ3n) is 5.08. The lowest BCUT2D eigenvalue weighted by Crippen LogP contribution is -2.45. The second-order valence-electron chi connectivity index (χ2n) is 6.88. The van der Waals surface area contributed by atoms with Crippen molar-refractivity contribution in [1.82, 2.24) is 10.9 Å². The molecule has 1 fully saturated rings. The Hall–Kier alpha value is -3.15. The zero-order valence-corrected chi connectivity index (χ0v) is 16.2.